The molecule has 136 valence electrons. The van der Waals surface area contributed by atoms with E-state index >= 15 is 0 Å². The largest absolute Gasteiger partial charge is 0.336 e. The molecule has 1 aliphatic heterocycles. The van der Waals surface area contributed by atoms with Gasteiger partial charge in [-0.3, -0.25) is 9.59 Å². The fraction of sp³-hybridized carbons (Fsp3) is 0.364. The third-order valence-corrected chi connectivity index (χ3v) is 5.01. The van der Waals surface area contributed by atoms with Crippen LogP contribution in [0, 0.1) is 6.92 Å². The van der Waals surface area contributed by atoms with Crippen molar-refractivity contribution in [3.63, 3.8) is 0 Å². The Labute approximate surface area is 155 Å². The molecule has 1 N–H and O–H groups in total. The van der Waals surface area contributed by atoms with E-state index in [0.29, 0.717) is 17.2 Å². The van der Waals surface area contributed by atoms with E-state index in [1.165, 1.54) is 6.42 Å². The number of nitrogens with zero attached hydrogens (tertiary/aromatic N) is 1. The lowest BCUT2D eigenvalue weighted by Gasteiger charge is -2.35. The smallest absolute Gasteiger partial charge is 0.255 e. The molecule has 4 heteroatoms. The van der Waals surface area contributed by atoms with Crippen molar-refractivity contribution >= 4 is 17.5 Å². The van der Waals surface area contributed by atoms with Crippen LogP contribution in [0.2, 0.25) is 0 Å². The zero-order valence-electron chi connectivity index (χ0n) is 15.5. The molecular weight excluding hydrogens is 324 g/mol. The normalized spacial score (nSPS) is 17.0. The van der Waals surface area contributed by atoms with E-state index < -0.39 is 0 Å². The summed E-state index contributed by atoms with van der Waals surface area (Å²) in [5.74, 6) is -0.169. The molecule has 3 rings (SSSR count). The molecule has 0 spiro atoms. The fourth-order valence-corrected chi connectivity index (χ4v) is 3.58. The fourth-order valence-electron chi connectivity index (χ4n) is 3.58. The highest BCUT2D eigenvalue weighted by Crippen LogP contribution is 2.22. The van der Waals surface area contributed by atoms with E-state index in [9.17, 15) is 9.59 Å². The first-order chi connectivity index (χ1) is 12.6. The quantitative estimate of drug-likeness (QED) is 0.872. The van der Waals surface area contributed by atoms with E-state index in [2.05, 4.69) is 12.2 Å². The number of amides is 2. The molecule has 0 radical (unpaired) electrons. The minimum absolute atomic E-state index is 0.0294. The van der Waals surface area contributed by atoms with Gasteiger partial charge in [0.1, 0.15) is 0 Å². The molecule has 2 aromatic rings. The number of carbonyl (C=O) groups excluding carboxylic acids is 2. The lowest BCUT2D eigenvalue weighted by molar-refractivity contribution is 0.0608. The van der Waals surface area contributed by atoms with Gasteiger partial charge in [0.15, 0.2) is 0 Å². The summed E-state index contributed by atoms with van der Waals surface area (Å²) in [6, 6.07) is 15.0. The first-order valence-corrected chi connectivity index (χ1v) is 9.37. The van der Waals surface area contributed by atoms with Crippen molar-refractivity contribution in [3.05, 3.63) is 65.2 Å². The van der Waals surface area contributed by atoms with Crippen LogP contribution in [0.4, 0.5) is 5.69 Å². The van der Waals surface area contributed by atoms with Gasteiger partial charge in [-0.25, -0.2) is 0 Å². The minimum Gasteiger partial charge on any atom is -0.336 e. The summed E-state index contributed by atoms with van der Waals surface area (Å²) in [5, 5.41) is 2.90. The van der Waals surface area contributed by atoms with E-state index in [4.69, 9.17) is 0 Å². The highest BCUT2D eigenvalue weighted by molar-refractivity contribution is 6.06. The molecule has 0 aromatic heterocycles. The van der Waals surface area contributed by atoms with Gasteiger partial charge in [0.25, 0.3) is 11.8 Å². The van der Waals surface area contributed by atoms with Gasteiger partial charge in [0.2, 0.25) is 0 Å². The van der Waals surface area contributed by atoms with E-state index in [1.54, 1.807) is 24.3 Å². The maximum absolute atomic E-state index is 12.9. The number of benzene rings is 2. The molecule has 2 amide bonds. The molecule has 0 bridgehead atoms. The Kier molecular flexibility index (Phi) is 5.71. The monoisotopic (exact) mass is 350 g/mol. The van der Waals surface area contributed by atoms with Crippen LogP contribution in [0.5, 0.6) is 0 Å². The summed E-state index contributed by atoms with van der Waals surface area (Å²) in [4.78, 5) is 27.5. The van der Waals surface area contributed by atoms with Crippen molar-refractivity contribution < 1.29 is 9.59 Å². The van der Waals surface area contributed by atoms with Crippen LogP contribution in [0.15, 0.2) is 48.5 Å². The predicted octanol–water partition coefficient (Wildman–Crippen LogP) is 4.65. The van der Waals surface area contributed by atoms with Crippen molar-refractivity contribution in [2.24, 2.45) is 0 Å². The lowest BCUT2D eigenvalue weighted by Crippen LogP contribution is -2.43. The van der Waals surface area contributed by atoms with Crippen molar-refractivity contribution in [2.45, 2.75) is 45.6 Å². The average molecular weight is 350 g/mol. The summed E-state index contributed by atoms with van der Waals surface area (Å²) in [6.45, 7) is 4.91. The Hall–Kier alpha value is -2.62. The van der Waals surface area contributed by atoms with Gasteiger partial charge in [-0.15, -0.1) is 0 Å². The first-order valence-electron chi connectivity index (χ1n) is 9.37. The summed E-state index contributed by atoms with van der Waals surface area (Å²) in [6.07, 6.45) is 4.27. The highest BCUT2D eigenvalue weighted by atomic mass is 16.2. The van der Waals surface area contributed by atoms with Crippen LogP contribution in [-0.4, -0.2) is 29.3 Å². The number of hydrogen-bond acceptors (Lipinski definition) is 2. The SMILES string of the molecule is CCC1CCCCN1C(=O)c1cccc(C(=O)Nc2cccc(C)c2)c1. The second kappa shape index (κ2) is 8.17. The zero-order chi connectivity index (χ0) is 18.5. The number of rotatable bonds is 4. The molecule has 0 saturated carbocycles. The second-order valence-electron chi connectivity index (χ2n) is 6.96. The van der Waals surface area contributed by atoms with Crippen molar-refractivity contribution in [1.82, 2.24) is 4.90 Å². The number of carbonyl (C=O) groups is 2. The van der Waals surface area contributed by atoms with E-state index in [0.717, 1.165) is 37.1 Å². The van der Waals surface area contributed by atoms with Gasteiger partial charge in [0.05, 0.1) is 0 Å². The molecule has 1 atom stereocenters. The Bertz CT molecular complexity index is 800. The lowest BCUT2D eigenvalue weighted by atomic mass is 9.98. The standard InChI is InChI=1S/C22H26N2O2/c1-3-20-12-4-5-13-24(20)22(26)18-10-7-9-17(15-18)21(25)23-19-11-6-8-16(2)14-19/h6-11,14-15,20H,3-5,12-13H2,1-2H3,(H,23,25). The zero-order valence-corrected chi connectivity index (χ0v) is 15.5. The molecule has 1 heterocycles. The molecule has 1 fully saturated rings. The number of anilines is 1. The van der Waals surface area contributed by atoms with Crippen LogP contribution >= 0.6 is 0 Å². The molecule has 1 saturated heterocycles. The predicted molar refractivity (Wildman–Crippen MR) is 105 cm³/mol. The molecule has 2 aromatic carbocycles. The van der Waals surface area contributed by atoms with Crippen molar-refractivity contribution in [1.29, 1.82) is 0 Å². The molecule has 0 aliphatic carbocycles. The van der Waals surface area contributed by atoms with E-state index in [-0.39, 0.29) is 11.8 Å². The van der Waals surface area contributed by atoms with E-state index in [1.807, 2.05) is 36.1 Å². The molecular formula is C22H26N2O2. The molecule has 26 heavy (non-hydrogen) atoms. The van der Waals surface area contributed by atoms with Crippen LogP contribution in [0.1, 0.15) is 58.9 Å². The number of piperidine rings is 1. The second-order valence-corrected chi connectivity index (χ2v) is 6.96. The summed E-state index contributed by atoms with van der Waals surface area (Å²) < 4.78 is 0. The third-order valence-electron chi connectivity index (χ3n) is 5.01. The number of aryl methyl sites for hydroxylation is 1. The van der Waals surface area contributed by atoms with Gasteiger partial charge in [-0.2, -0.15) is 0 Å². The minimum atomic E-state index is -0.198. The number of nitrogens with one attached hydrogen (secondary N) is 1. The Morgan fingerprint density at radius 1 is 1.08 bits per heavy atom. The van der Waals surface area contributed by atoms with Crippen LogP contribution in [0.3, 0.4) is 0 Å². The summed E-state index contributed by atoms with van der Waals surface area (Å²) in [7, 11) is 0. The summed E-state index contributed by atoms with van der Waals surface area (Å²) in [5.41, 5.74) is 2.93. The molecule has 1 unspecified atom stereocenters. The van der Waals surface area contributed by atoms with Gasteiger partial charge in [-0.1, -0.05) is 25.1 Å². The van der Waals surface area contributed by atoms with Crippen molar-refractivity contribution in [3.8, 4) is 0 Å². The average Bonchev–Trinajstić information content (AvgIpc) is 2.67. The number of hydrogen-bond donors (Lipinski definition) is 1. The van der Waals surface area contributed by atoms with Gasteiger partial charge in [-0.05, 0) is 68.5 Å². The first kappa shape index (κ1) is 18.2. The maximum Gasteiger partial charge on any atom is 0.255 e. The number of likely N-dealkylation sites (tertiary alicyclic amines) is 1. The van der Waals surface area contributed by atoms with Crippen LogP contribution in [0.25, 0.3) is 0 Å². The van der Waals surface area contributed by atoms with Crippen LogP contribution in [-0.2, 0) is 0 Å². The Morgan fingerprint density at radius 3 is 2.62 bits per heavy atom. The van der Waals surface area contributed by atoms with Gasteiger partial charge >= 0.3 is 0 Å². The molecule has 4 nitrogen and oxygen atoms in total. The summed E-state index contributed by atoms with van der Waals surface area (Å²) >= 11 is 0. The maximum atomic E-state index is 12.9. The Morgan fingerprint density at radius 2 is 1.85 bits per heavy atom. The third kappa shape index (κ3) is 4.13. The van der Waals surface area contributed by atoms with Crippen LogP contribution < -0.4 is 5.32 Å². The van der Waals surface area contributed by atoms with Gasteiger partial charge < -0.3 is 10.2 Å². The molecule has 1 aliphatic rings. The van der Waals surface area contributed by atoms with Gasteiger partial charge in [0, 0.05) is 29.4 Å². The van der Waals surface area contributed by atoms with Crippen molar-refractivity contribution in [2.75, 3.05) is 11.9 Å². The highest BCUT2D eigenvalue weighted by Gasteiger charge is 2.26. The Balaban J connectivity index is 1.77. The topological polar surface area (TPSA) is 49.4 Å².